The fraction of sp³-hybridized carbons (Fsp3) is 0.647. The smallest absolute Gasteiger partial charge is 0.119 e. The number of carbonyl (C=O) groups excluding carboxylic acids is 1. The molecule has 0 N–H and O–H groups in total. The number of nitriles is 1. The zero-order valence-corrected chi connectivity index (χ0v) is 12.0. The summed E-state index contributed by atoms with van der Waals surface area (Å²) in [4.78, 5) is 10.1. The number of allylic oxidation sites excluding steroid dienone is 4. The number of hydrogen-bond donors (Lipinski definition) is 0. The van der Waals surface area contributed by atoms with Crippen LogP contribution in [-0.2, 0) is 4.79 Å². The maximum atomic E-state index is 10.1. The van der Waals surface area contributed by atoms with E-state index in [9.17, 15) is 4.79 Å². The molecule has 0 amide bonds. The lowest BCUT2D eigenvalue weighted by molar-refractivity contribution is -0.107. The van der Waals surface area contributed by atoms with Gasteiger partial charge in [0.05, 0.1) is 6.07 Å². The van der Waals surface area contributed by atoms with Crippen molar-refractivity contribution in [1.29, 1.82) is 5.26 Å². The van der Waals surface area contributed by atoms with Crippen LogP contribution in [0.3, 0.4) is 0 Å². The van der Waals surface area contributed by atoms with Crippen molar-refractivity contribution in [3.8, 4) is 6.07 Å². The SMILES string of the molecule is N#CCCC/C=C/C/C=C/CCCCCCCC=O. The molecule has 0 radical (unpaired) electrons. The molecule has 0 aromatic rings. The molecule has 106 valence electrons. The molecule has 0 aliphatic heterocycles. The van der Waals surface area contributed by atoms with Gasteiger partial charge in [0.25, 0.3) is 0 Å². The summed E-state index contributed by atoms with van der Waals surface area (Å²) in [6.45, 7) is 0. The van der Waals surface area contributed by atoms with Crippen LogP contribution in [0.5, 0.6) is 0 Å². The van der Waals surface area contributed by atoms with Gasteiger partial charge in [-0.2, -0.15) is 5.26 Å². The Hall–Kier alpha value is -1.36. The van der Waals surface area contributed by atoms with Gasteiger partial charge >= 0.3 is 0 Å². The first-order valence-corrected chi connectivity index (χ1v) is 7.52. The van der Waals surface area contributed by atoms with E-state index < -0.39 is 0 Å². The van der Waals surface area contributed by atoms with Crippen molar-refractivity contribution in [2.24, 2.45) is 0 Å². The highest BCUT2D eigenvalue weighted by Crippen LogP contribution is 2.07. The van der Waals surface area contributed by atoms with Crippen molar-refractivity contribution >= 4 is 6.29 Å². The summed E-state index contributed by atoms with van der Waals surface area (Å²) in [5, 5.41) is 8.37. The average molecular weight is 261 g/mol. The van der Waals surface area contributed by atoms with Crippen LogP contribution < -0.4 is 0 Å². The van der Waals surface area contributed by atoms with Crippen LogP contribution in [-0.4, -0.2) is 6.29 Å². The molecule has 19 heavy (non-hydrogen) atoms. The number of aldehydes is 1. The molecule has 0 rings (SSSR count). The second-order valence-electron chi connectivity index (χ2n) is 4.74. The average Bonchev–Trinajstić information content (AvgIpc) is 2.43. The first kappa shape index (κ1) is 17.6. The van der Waals surface area contributed by atoms with Gasteiger partial charge < -0.3 is 4.79 Å². The summed E-state index contributed by atoms with van der Waals surface area (Å²) >= 11 is 0. The van der Waals surface area contributed by atoms with Gasteiger partial charge in [-0.25, -0.2) is 0 Å². The number of rotatable bonds is 13. The number of nitrogens with zero attached hydrogens (tertiary/aromatic N) is 1. The molecular formula is C17H27NO. The highest BCUT2D eigenvalue weighted by molar-refractivity contribution is 5.48. The van der Waals surface area contributed by atoms with E-state index in [-0.39, 0.29) is 0 Å². The number of unbranched alkanes of at least 4 members (excludes halogenated alkanes) is 8. The van der Waals surface area contributed by atoms with E-state index in [1.807, 2.05) is 0 Å². The van der Waals surface area contributed by atoms with Gasteiger partial charge in [-0.1, -0.05) is 43.6 Å². The summed E-state index contributed by atoms with van der Waals surface area (Å²) < 4.78 is 0. The minimum Gasteiger partial charge on any atom is -0.303 e. The van der Waals surface area contributed by atoms with E-state index in [0.29, 0.717) is 6.42 Å². The van der Waals surface area contributed by atoms with Crippen molar-refractivity contribution in [3.63, 3.8) is 0 Å². The molecule has 0 aliphatic carbocycles. The lowest BCUT2D eigenvalue weighted by Crippen LogP contribution is -1.80. The second kappa shape index (κ2) is 16.6. The van der Waals surface area contributed by atoms with Crippen molar-refractivity contribution in [2.45, 2.75) is 70.6 Å². The van der Waals surface area contributed by atoms with Gasteiger partial charge in [0.2, 0.25) is 0 Å². The monoisotopic (exact) mass is 261 g/mol. The topological polar surface area (TPSA) is 40.9 Å². The highest BCUT2D eigenvalue weighted by atomic mass is 16.1. The first-order chi connectivity index (χ1) is 9.41. The van der Waals surface area contributed by atoms with Crippen molar-refractivity contribution in [3.05, 3.63) is 24.3 Å². The van der Waals surface area contributed by atoms with Gasteiger partial charge in [0.15, 0.2) is 0 Å². The van der Waals surface area contributed by atoms with Crippen molar-refractivity contribution in [2.75, 3.05) is 0 Å². The Labute approximate surface area is 118 Å². The summed E-state index contributed by atoms with van der Waals surface area (Å²) in [7, 11) is 0. The molecule has 0 aromatic carbocycles. The largest absolute Gasteiger partial charge is 0.303 e. The summed E-state index contributed by atoms with van der Waals surface area (Å²) in [6, 6.07) is 2.15. The van der Waals surface area contributed by atoms with Crippen LogP contribution in [0.2, 0.25) is 0 Å². The minimum atomic E-state index is 0.660. The third-order valence-corrected chi connectivity index (χ3v) is 2.96. The van der Waals surface area contributed by atoms with E-state index in [1.165, 1.54) is 25.7 Å². The van der Waals surface area contributed by atoms with Gasteiger partial charge in [0, 0.05) is 12.8 Å². The Balaban J connectivity index is 3.17. The third kappa shape index (κ3) is 16.6. The summed E-state index contributed by atoms with van der Waals surface area (Å²) in [5.74, 6) is 0. The third-order valence-electron chi connectivity index (χ3n) is 2.96. The molecule has 0 spiro atoms. The standard InChI is InChI=1S/C17H27NO/c18-16-14-12-10-8-6-4-2-1-3-5-7-9-11-13-15-17-19/h1-2,6,8,17H,3-5,7,9-15H2/b2-1+,8-6+. The zero-order valence-electron chi connectivity index (χ0n) is 12.0. The van der Waals surface area contributed by atoms with Crippen LogP contribution in [0, 0.1) is 11.3 Å². The van der Waals surface area contributed by atoms with Crippen LogP contribution in [0.15, 0.2) is 24.3 Å². The van der Waals surface area contributed by atoms with Gasteiger partial charge in [-0.05, 0) is 38.5 Å². The van der Waals surface area contributed by atoms with E-state index in [2.05, 4.69) is 30.4 Å². The fourth-order valence-electron chi connectivity index (χ4n) is 1.83. The Bertz CT molecular complexity index is 286. The summed E-state index contributed by atoms with van der Waals surface area (Å²) in [6.07, 6.45) is 21.4. The fourth-order valence-corrected chi connectivity index (χ4v) is 1.83. The molecular weight excluding hydrogens is 234 g/mol. The number of carbonyl (C=O) groups is 1. The second-order valence-corrected chi connectivity index (χ2v) is 4.74. The molecule has 0 unspecified atom stereocenters. The Morgan fingerprint density at radius 1 is 0.737 bits per heavy atom. The maximum Gasteiger partial charge on any atom is 0.119 e. The Morgan fingerprint density at radius 2 is 1.32 bits per heavy atom. The predicted molar refractivity (Wildman–Crippen MR) is 80.7 cm³/mol. The Morgan fingerprint density at radius 3 is 1.95 bits per heavy atom. The minimum absolute atomic E-state index is 0.660. The van der Waals surface area contributed by atoms with E-state index in [1.54, 1.807) is 0 Å². The lowest BCUT2D eigenvalue weighted by Gasteiger charge is -1.97. The molecule has 0 saturated heterocycles. The quantitative estimate of drug-likeness (QED) is 0.262. The molecule has 0 fully saturated rings. The first-order valence-electron chi connectivity index (χ1n) is 7.52. The van der Waals surface area contributed by atoms with Crippen molar-refractivity contribution < 1.29 is 4.79 Å². The van der Waals surface area contributed by atoms with Gasteiger partial charge in [0.1, 0.15) is 6.29 Å². The van der Waals surface area contributed by atoms with Crippen LogP contribution >= 0.6 is 0 Å². The summed E-state index contributed by atoms with van der Waals surface area (Å²) in [5.41, 5.74) is 0. The van der Waals surface area contributed by atoms with E-state index in [0.717, 1.165) is 44.8 Å². The Kier molecular flexibility index (Phi) is 15.4. The molecule has 0 aliphatic rings. The molecule has 0 atom stereocenters. The van der Waals surface area contributed by atoms with Gasteiger partial charge in [-0.3, -0.25) is 0 Å². The molecule has 0 aromatic heterocycles. The zero-order chi connectivity index (χ0) is 14.0. The lowest BCUT2D eigenvalue weighted by atomic mass is 10.1. The molecule has 0 bridgehead atoms. The molecule has 0 saturated carbocycles. The molecule has 0 heterocycles. The van der Waals surface area contributed by atoms with Crippen molar-refractivity contribution in [1.82, 2.24) is 0 Å². The molecule has 2 nitrogen and oxygen atoms in total. The normalized spacial score (nSPS) is 11.1. The van der Waals surface area contributed by atoms with E-state index in [4.69, 9.17) is 5.26 Å². The van der Waals surface area contributed by atoms with Gasteiger partial charge in [-0.15, -0.1) is 0 Å². The maximum absolute atomic E-state index is 10.1. The number of hydrogen-bond acceptors (Lipinski definition) is 2. The van der Waals surface area contributed by atoms with E-state index >= 15 is 0 Å². The van der Waals surface area contributed by atoms with Crippen LogP contribution in [0.1, 0.15) is 70.6 Å². The molecule has 2 heteroatoms. The van der Waals surface area contributed by atoms with Crippen LogP contribution in [0.4, 0.5) is 0 Å². The van der Waals surface area contributed by atoms with Crippen LogP contribution in [0.25, 0.3) is 0 Å². The highest BCUT2D eigenvalue weighted by Gasteiger charge is 1.89. The predicted octanol–water partition coefficient (Wildman–Crippen LogP) is 5.11.